The molecule has 1 aromatic carbocycles. The SMILES string of the molecule is NS(=O)(=O)c1nc2ccc(Cl)cc2o1. The highest BCUT2D eigenvalue weighted by molar-refractivity contribution is 7.88. The van der Waals surface area contributed by atoms with E-state index >= 15 is 0 Å². The van der Waals surface area contributed by atoms with Crippen molar-refractivity contribution < 1.29 is 12.8 Å². The van der Waals surface area contributed by atoms with Gasteiger partial charge in [-0.25, -0.2) is 13.6 Å². The number of hydrogen-bond acceptors (Lipinski definition) is 4. The Morgan fingerprint density at radius 3 is 2.79 bits per heavy atom. The molecule has 2 N–H and O–H groups in total. The van der Waals surface area contributed by atoms with E-state index in [0.29, 0.717) is 16.1 Å². The molecule has 0 unspecified atom stereocenters. The van der Waals surface area contributed by atoms with Crippen molar-refractivity contribution in [1.29, 1.82) is 0 Å². The molecule has 0 aliphatic heterocycles. The normalized spacial score (nSPS) is 12.1. The van der Waals surface area contributed by atoms with E-state index in [-0.39, 0.29) is 0 Å². The molecule has 1 aromatic heterocycles. The first-order valence-electron chi connectivity index (χ1n) is 3.56. The summed E-state index contributed by atoms with van der Waals surface area (Å²) in [5.74, 6) is 0. The van der Waals surface area contributed by atoms with Crippen molar-refractivity contribution in [3.63, 3.8) is 0 Å². The number of aromatic nitrogens is 1. The summed E-state index contributed by atoms with van der Waals surface area (Å²) in [6.07, 6.45) is 0. The van der Waals surface area contributed by atoms with Crippen LogP contribution in [0.1, 0.15) is 0 Å². The number of nitrogens with two attached hydrogens (primary N) is 1. The van der Waals surface area contributed by atoms with Gasteiger partial charge in [-0.1, -0.05) is 11.6 Å². The van der Waals surface area contributed by atoms with Crippen LogP contribution in [-0.2, 0) is 10.0 Å². The van der Waals surface area contributed by atoms with Crippen molar-refractivity contribution in [3.05, 3.63) is 23.2 Å². The Morgan fingerprint density at radius 1 is 1.43 bits per heavy atom. The van der Waals surface area contributed by atoms with Crippen molar-refractivity contribution in [3.8, 4) is 0 Å². The molecule has 7 heteroatoms. The lowest BCUT2D eigenvalue weighted by Crippen LogP contribution is -2.12. The number of hydrogen-bond donors (Lipinski definition) is 1. The predicted octanol–water partition coefficient (Wildman–Crippen LogP) is 1.13. The predicted molar refractivity (Wildman–Crippen MR) is 50.4 cm³/mol. The molecule has 74 valence electrons. The maximum absolute atomic E-state index is 10.9. The Morgan fingerprint density at radius 2 is 2.14 bits per heavy atom. The standard InChI is InChI=1S/C7H5ClN2O3S/c8-4-1-2-5-6(3-4)13-7(10-5)14(9,11)12/h1-3H,(H2,9,11,12). The molecule has 0 saturated carbocycles. The zero-order valence-electron chi connectivity index (χ0n) is 6.77. The van der Waals surface area contributed by atoms with Crippen molar-refractivity contribution in [2.75, 3.05) is 0 Å². The summed E-state index contributed by atoms with van der Waals surface area (Å²) >= 11 is 5.67. The first-order chi connectivity index (χ1) is 6.47. The van der Waals surface area contributed by atoms with Gasteiger partial charge in [-0.05, 0) is 12.1 Å². The van der Waals surface area contributed by atoms with Gasteiger partial charge in [0.25, 0.3) is 10.0 Å². The highest BCUT2D eigenvalue weighted by Gasteiger charge is 2.16. The molecular weight excluding hydrogens is 228 g/mol. The Kier molecular flexibility index (Phi) is 1.99. The van der Waals surface area contributed by atoms with Crippen LogP contribution >= 0.6 is 11.6 Å². The molecule has 0 atom stereocenters. The summed E-state index contributed by atoms with van der Waals surface area (Å²) < 4.78 is 26.7. The first-order valence-corrected chi connectivity index (χ1v) is 5.48. The number of halogens is 1. The van der Waals surface area contributed by atoms with Crippen molar-refractivity contribution >= 4 is 32.7 Å². The van der Waals surface area contributed by atoms with Crippen LogP contribution in [0.25, 0.3) is 11.1 Å². The molecule has 14 heavy (non-hydrogen) atoms. The zero-order chi connectivity index (χ0) is 10.3. The van der Waals surface area contributed by atoms with Gasteiger partial charge in [0.05, 0.1) is 0 Å². The minimum Gasteiger partial charge on any atom is -0.427 e. The summed E-state index contributed by atoms with van der Waals surface area (Å²) in [6, 6.07) is 4.60. The fraction of sp³-hybridized carbons (Fsp3) is 0. The quantitative estimate of drug-likeness (QED) is 0.799. The second-order valence-electron chi connectivity index (χ2n) is 2.64. The van der Waals surface area contributed by atoms with E-state index in [1.807, 2.05) is 0 Å². The van der Waals surface area contributed by atoms with Gasteiger partial charge in [-0.15, -0.1) is 0 Å². The van der Waals surface area contributed by atoms with Crippen LogP contribution in [0.15, 0.2) is 27.8 Å². The van der Waals surface area contributed by atoms with Gasteiger partial charge < -0.3 is 4.42 Å². The third-order valence-electron chi connectivity index (χ3n) is 1.57. The number of primary sulfonamides is 1. The van der Waals surface area contributed by atoms with Gasteiger partial charge in [-0.3, -0.25) is 0 Å². The van der Waals surface area contributed by atoms with E-state index in [9.17, 15) is 8.42 Å². The van der Waals surface area contributed by atoms with Crippen LogP contribution in [0.2, 0.25) is 5.02 Å². The van der Waals surface area contributed by atoms with E-state index in [1.165, 1.54) is 6.07 Å². The first kappa shape index (κ1) is 9.45. The van der Waals surface area contributed by atoms with Crippen LogP contribution in [0.5, 0.6) is 0 Å². The molecule has 0 fully saturated rings. The molecule has 0 spiro atoms. The molecule has 0 radical (unpaired) electrons. The maximum atomic E-state index is 10.9. The molecule has 2 rings (SSSR count). The Balaban J connectivity index is 2.75. The fourth-order valence-electron chi connectivity index (χ4n) is 0.999. The molecule has 2 aromatic rings. The molecule has 5 nitrogen and oxygen atoms in total. The number of sulfonamides is 1. The lowest BCUT2D eigenvalue weighted by atomic mass is 10.3. The molecule has 0 amide bonds. The second-order valence-corrected chi connectivity index (χ2v) is 4.51. The average molecular weight is 233 g/mol. The van der Waals surface area contributed by atoms with E-state index in [0.717, 1.165) is 0 Å². The monoisotopic (exact) mass is 232 g/mol. The van der Waals surface area contributed by atoms with Gasteiger partial charge in [0.2, 0.25) is 0 Å². The summed E-state index contributed by atoms with van der Waals surface area (Å²) in [5, 5.41) is 4.78. The summed E-state index contributed by atoms with van der Waals surface area (Å²) in [4.78, 5) is 3.69. The van der Waals surface area contributed by atoms with E-state index < -0.39 is 15.2 Å². The number of rotatable bonds is 1. The number of fused-ring (bicyclic) bond motifs is 1. The topological polar surface area (TPSA) is 86.2 Å². The van der Waals surface area contributed by atoms with Gasteiger partial charge in [0.1, 0.15) is 5.52 Å². The Hall–Kier alpha value is -1.11. The van der Waals surface area contributed by atoms with Crippen molar-refractivity contribution in [2.24, 2.45) is 5.14 Å². The minimum absolute atomic E-state index is 0.293. The molecule has 0 aliphatic rings. The van der Waals surface area contributed by atoms with Crippen LogP contribution in [0.3, 0.4) is 0 Å². The van der Waals surface area contributed by atoms with Gasteiger partial charge >= 0.3 is 5.22 Å². The number of nitrogens with zero attached hydrogens (tertiary/aromatic N) is 1. The van der Waals surface area contributed by atoms with Gasteiger partial charge in [0, 0.05) is 11.1 Å². The van der Waals surface area contributed by atoms with Crippen LogP contribution in [0, 0.1) is 0 Å². The third-order valence-corrected chi connectivity index (χ3v) is 2.47. The van der Waals surface area contributed by atoms with Crippen LogP contribution < -0.4 is 5.14 Å². The van der Waals surface area contributed by atoms with Gasteiger partial charge in [-0.2, -0.15) is 4.98 Å². The molecule has 0 aliphatic carbocycles. The average Bonchev–Trinajstić information content (AvgIpc) is 2.45. The molecule has 0 saturated heterocycles. The summed E-state index contributed by atoms with van der Waals surface area (Å²) in [5.41, 5.74) is 0.694. The number of oxazole rings is 1. The van der Waals surface area contributed by atoms with E-state index in [2.05, 4.69) is 4.98 Å². The molecular formula is C7H5ClN2O3S. The maximum Gasteiger partial charge on any atom is 0.331 e. The van der Waals surface area contributed by atoms with Crippen LogP contribution in [-0.4, -0.2) is 13.4 Å². The summed E-state index contributed by atoms with van der Waals surface area (Å²) in [6.45, 7) is 0. The molecule has 0 bridgehead atoms. The van der Waals surface area contributed by atoms with Crippen LogP contribution in [0.4, 0.5) is 0 Å². The van der Waals surface area contributed by atoms with Gasteiger partial charge in [0.15, 0.2) is 5.58 Å². The fourth-order valence-corrected chi connectivity index (χ4v) is 1.59. The lowest BCUT2D eigenvalue weighted by Gasteiger charge is -1.86. The Bertz CT molecular complexity index is 590. The minimum atomic E-state index is -3.90. The van der Waals surface area contributed by atoms with Crippen molar-refractivity contribution in [2.45, 2.75) is 5.22 Å². The van der Waals surface area contributed by atoms with E-state index in [4.69, 9.17) is 21.2 Å². The third kappa shape index (κ3) is 1.59. The van der Waals surface area contributed by atoms with Crippen molar-refractivity contribution in [1.82, 2.24) is 4.98 Å². The smallest absolute Gasteiger partial charge is 0.331 e. The largest absolute Gasteiger partial charge is 0.427 e. The Labute approximate surface area is 84.5 Å². The summed E-state index contributed by atoms with van der Waals surface area (Å²) in [7, 11) is -3.90. The highest BCUT2D eigenvalue weighted by Crippen LogP contribution is 2.21. The lowest BCUT2D eigenvalue weighted by molar-refractivity contribution is 0.459. The molecule has 1 heterocycles. The zero-order valence-corrected chi connectivity index (χ0v) is 8.34. The second kappa shape index (κ2) is 2.94. The highest BCUT2D eigenvalue weighted by atomic mass is 35.5. The van der Waals surface area contributed by atoms with E-state index in [1.54, 1.807) is 12.1 Å². The number of benzene rings is 1.